The maximum atomic E-state index is 6.25. The predicted molar refractivity (Wildman–Crippen MR) is 81.0 cm³/mol. The zero-order valence-corrected chi connectivity index (χ0v) is 13.0. The van der Waals surface area contributed by atoms with Gasteiger partial charge in [-0.2, -0.15) is 0 Å². The summed E-state index contributed by atoms with van der Waals surface area (Å²) in [5, 5.41) is 0. The maximum Gasteiger partial charge on any atom is 0.119 e. The molecule has 0 heterocycles. The van der Waals surface area contributed by atoms with E-state index < -0.39 is 0 Å². The van der Waals surface area contributed by atoms with Crippen molar-refractivity contribution < 1.29 is 4.74 Å². The summed E-state index contributed by atoms with van der Waals surface area (Å²) >= 11 is 3.56. The Bertz CT molecular complexity index is 354. The molecule has 1 rings (SSSR count). The van der Waals surface area contributed by atoms with Gasteiger partial charge in [0.15, 0.2) is 0 Å². The molecular formula is C15H24BrNO. The van der Waals surface area contributed by atoms with Gasteiger partial charge in [0.2, 0.25) is 0 Å². The number of halogens is 1. The maximum absolute atomic E-state index is 6.25. The van der Waals surface area contributed by atoms with E-state index in [0.29, 0.717) is 0 Å². The minimum atomic E-state index is 0.0936. The third kappa shape index (κ3) is 4.99. The molecule has 0 aliphatic heterocycles. The Morgan fingerprint density at radius 1 is 1.22 bits per heavy atom. The molecule has 0 saturated carbocycles. The van der Waals surface area contributed by atoms with E-state index in [4.69, 9.17) is 10.5 Å². The molecule has 1 atom stereocenters. The minimum absolute atomic E-state index is 0.0936. The summed E-state index contributed by atoms with van der Waals surface area (Å²) in [6.07, 6.45) is 7.46. The molecule has 0 radical (unpaired) electrons. The summed E-state index contributed by atoms with van der Waals surface area (Å²) in [7, 11) is 1.68. The lowest BCUT2D eigenvalue weighted by Crippen LogP contribution is -2.11. The van der Waals surface area contributed by atoms with Gasteiger partial charge in [0.25, 0.3) is 0 Å². The summed E-state index contributed by atoms with van der Waals surface area (Å²) in [6.45, 7) is 2.24. The van der Waals surface area contributed by atoms with E-state index in [1.165, 1.54) is 32.1 Å². The summed E-state index contributed by atoms with van der Waals surface area (Å²) < 4.78 is 6.31. The summed E-state index contributed by atoms with van der Waals surface area (Å²) in [4.78, 5) is 0. The van der Waals surface area contributed by atoms with Crippen molar-refractivity contribution in [3.8, 4) is 5.75 Å². The fourth-order valence-electron chi connectivity index (χ4n) is 2.06. The smallest absolute Gasteiger partial charge is 0.119 e. The van der Waals surface area contributed by atoms with E-state index in [-0.39, 0.29) is 6.04 Å². The summed E-state index contributed by atoms with van der Waals surface area (Å²) in [6, 6.07) is 6.07. The molecule has 1 aromatic rings. The van der Waals surface area contributed by atoms with E-state index in [9.17, 15) is 0 Å². The van der Waals surface area contributed by atoms with Gasteiger partial charge in [0, 0.05) is 10.5 Å². The average molecular weight is 314 g/mol. The van der Waals surface area contributed by atoms with E-state index in [1.807, 2.05) is 18.2 Å². The van der Waals surface area contributed by atoms with Crippen molar-refractivity contribution in [3.05, 3.63) is 28.2 Å². The lowest BCUT2D eigenvalue weighted by molar-refractivity contribution is 0.413. The number of hydrogen-bond acceptors (Lipinski definition) is 2. The van der Waals surface area contributed by atoms with Gasteiger partial charge in [0.1, 0.15) is 5.75 Å². The van der Waals surface area contributed by atoms with Crippen molar-refractivity contribution in [1.29, 1.82) is 0 Å². The normalized spacial score (nSPS) is 12.4. The molecule has 3 heteroatoms. The van der Waals surface area contributed by atoms with Gasteiger partial charge in [0.05, 0.1) is 7.11 Å². The Morgan fingerprint density at radius 2 is 1.94 bits per heavy atom. The van der Waals surface area contributed by atoms with Crippen molar-refractivity contribution in [2.24, 2.45) is 5.73 Å². The second kappa shape index (κ2) is 8.54. The van der Waals surface area contributed by atoms with E-state index in [1.54, 1.807) is 7.11 Å². The van der Waals surface area contributed by atoms with Crippen LogP contribution in [0.25, 0.3) is 0 Å². The standard InChI is InChI=1S/C15H24BrNO/c1-3-4-5-6-7-8-15(17)13-11-12(18-2)9-10-14(13)16/h9-11,15H,3-8,17H2,1-2H3. The molecule has 2 nitrogen and oxygen atoms in total. The number of rotatable bonds is 8. The molecule has 0 aromatic heterocycles. The van der Waals surface area contributed by atoms with Crippen LogP contribution in [0.2, 0.25) is 0 Å². The molecule has 2 N–H and O–H groups in total. The molecule has 0 amide bonds. The molecule has 0 spiro atoms. The summed E-state index contributed by atoms with van der Waals surface area (Å²) in [5.41, 5.74) is 7.39. The molecule has 0 aliphatic rings. The Balaban J connectivity index is 2.47. The highest BCUT2D eigenvalue weighted by atomic mass is 79.9. The minimum Gasteiger partial charge on any atom is -0.497 e. The van der Waals surface area contributed by atoms with Crippen LogP contribution >= 0.6 is 15.9 Å². The summed E-state index contributed by atoms with van der Waals surface area (Å²) in [5.74, 6) is 0.870. The monoisotopic (exact) mass is 313 g/mol. The highest BCUT2D eigenvalue weighted by Crippen LogP contribution is 2.29. The quantitative estimate of drug-likeness (QED) is 0.698. The van der Waals surface area contributed by atoms with Gasteiger partial charge in [-0.15, -0.1) is 0 Å². The van der Waals surface area contributed by atoms with Crippen LogP contribution < -0.4 is 10.5 Å². The van der Waals surface area contributed by atoms with Crippen molar-refractivity contribution >= 4 is 15.9 Å². The van der Waals surface area contributed by atoms with E-state index in [2.05, 4.69) is 22.9 Å². The molecule has 0 aliphatic carbocycles. The second-order valence-electron chi connectivity index (χ2n) is 4.70. The van der Waals surface area contributed by atoms with Crippen molar-refractivity contribution in [2.75, 3.05) is 7.11 Å². The number of hydrogen-bond donors (Lipinski definition) is 1. The van der Waals surface area contributed by atoms with Crippen molar-refractivity contribution in [1.82, 2.24) is 0 Å². The molecule has 0 fully saturated rings. The Morgan fingerprint density at radius 3 is 2.61 bits per heavy atom. The second-order valence-corrected chi connectivity index (χ2v) is 5.55. The van der Waals surface area contributed by atoms with Gasteiger partial charge < -0.3 is 10.5 Å². The first-order chi connectivity index (χ1) is 8.69. The lowest BCUT2D eigenvalue weighted by atomic mass is 10.0. The van der Waals surface area contributed by atoms with Gasteiger partial charge in [-0.3, -0.25) is 0 Å². The molecule has 102 valence electrons. The molecule has 0 saturated heterocycles. The fraction of sp³-hybridized carbons (Fsp3) is 0.600. The van der Waals surface area contributed by atoms with Gasteiger partial charge in [-0.05, 0) is 30.2 Å². The SMILES string of the molecule is CCCCCCCC(N)c1cc(OC)ccc1Br. The number of benzene rings is 1. The van der Waals surface area contributed by atoms with Crippen LogP contribution in [-0.2, 0) is 0 Å². The molecule has 0 bridgehead atoms. The largest absolute Gasteiger partial charge is 0.497 e. The van der Waals surface area contributed by atoms with Crippen LogP contribution in [0.3, 0.4) is 0 Å². The molecular weight excluding hydrogens is 290 g/mol. The third-order valence-corrected chi connectivity index (χ3v) is 3.94. The van der Waals surface area contributed by atoms with Crippen LogP contribution in [0.5, 0.6) is 5.75 Å². The van der Waals surface area contributed by atoms with Crippen LogP contribution in [-0.4, -0.2) is 7.11 Å². The van der Waals surface area contributed by atoms with Crippen LogP contribution in [0.4, 0.5) is 0 Å². The zero-order chi connectivity index (χ0) is 13.4. The zero-order valence-electron chi connectivity index (χ0n) is 11.4. The highest BCUT2D eigenvalue weighted by Gasteiger charge is 2.10. The Hall–Kier alpha value is -0.540. The van der Waals surface area contributed by atoms with Gasteiger partial charge >= 0.3 is 0 Å². The Kier molecular flexibility index (Phi) is 7.36. The Labute approximate surface area is 119 Å². The third-order valence-electron chi connectivity index (χ3n) is 3.22. The van der Waals surface area contributed by atoms with Crippen LogP contribution in [0.1, 0.15) is 57.1 Å². The topological polar surface area (TPSA) is 35.2 Å². The van der Waals surface area contributed by atoms with Gasteiger partial charge in [-0.25, -0.2) is 0 Å². The number of nitrogens with two attached hydrogens (primary N) is 1. The molecule has 1 unspecified atom stereocenters. The van der Waals surface area contributed by atoms with Gasteiger partial charge in [-0.1, -0.05) is 55.0 Å². The predicted octanol–water partition coefficient (Wildman–Crippen LogP) is 4.82. The van der Waals surface area contributed by atoms with E-state index >= 15 is 0 Å². The van der Waals surface area contributed by atoms with E-state index in [0.717, 1.165) is 22.2 Å². The number of methoxy groups -OCH3 is 1. The van der Waals surface area contributed by atoms with Crippen molar-refractivity contribution in [2.45, 2.75) is 51.5 Å². The first-order valence-electron chi connectivity index (χ1n) is 6.78. The first-order valence-corrected chi connectivity index (χ1v) is 7.57. The lowest BCUT2D eigenvalue weighted by Gasteiger charge is -2.15. The first kappa shape index (κ1) is 15.5. The highest BCUT2D eigenvalue weighted by molar-refractivity contribution is 9.10. The number of ether oxygens (including phenoxy) is 1. The number of unbranched alkanes of at least 4 members (excludes halogenated alkanes) is 4. The molecule has 1 aromatic carbocycles. The average Bonchev–Trinajstić information content (AvgIpc) is 2.39. The molecule has 18 heavy (non-hydrogen) atoms. The van der Waals surface area contributed by atoms with Crippen LogP contribution in [0, 0.1) is 0 Å². The fourth-order valence-corrected chi connectivity index (χ4v) is 2.60. The van der Waals surface area contributed by atoms with Crippen LogP contribution in [0.15, 0.2) is 22.7 Å². The van der Waals surface area contributed by atoms with Crippen molar-refractivity contribution in [3.63, 3.8) is 0 Å².